The van der Waals surface area contributed by atoms with Gasteiger partial charge in [0, 0.05) is 24.5 Å². The average Bonchev–Trinajstić information content (AvgIpc) is 2.11. The van der Waals surface area contributed by atoms with Gasteiger partial charge in [-0.3, -0.25) is 0 Å². The Bertz CT molecular complexity index is 338. The molecule has 0 spiro atoms. The summed E-state index contributed by atoms with van der Waals surface area (Å²) in [5.41, 5.74) is 1.17. The van der Waals surface area contributed by atoms with Crippen LogP contribution in [0, 0.1) is 13.8 Å². The molecule has 0 unspecified atom stereocenters. The van der Waals surface area contributed by atoms with Crippen LogP contribution in [-0.4, -0.2) is 33.8 Å². The highest BCUT2D eigenvalue weighted by molar-refractivity contribution is 5.32. The number of nitrogens with zero attached hydrogens (tertiary/aromatic N) is 3. The number of aryl methyl sites for hydroxylation is 2. The molecule has 1 aromatic rings. The third-order valence-corrected chi connectivity index (χ3v) is 2.21. The molecule has 0 amide bonds. The summed E-state index contributed by atoms with van der Waals surface area (Å²) in [4.78, 5) is 10.8. The molecule has 0 fully saturated rings. The summed E-state index contributed by atoms with van der Waals surface area (Å²) < 4.78 is 0. The molecule has 1 rings (SSSR count). The molecule has 0 aromatic carbocycles. The Hall–Kier alpha value is -1.16. The van der Waals surface area contributed by atoms with Crippen LogP contribution in [0.25, 0.3) is 0 Å². The SMILES string of the molecule is CCN(CC(C)(C)O)c1nc(C)cc(C)n1. The summed E-state index contributed by atoms with van der Waals surface area (Å²) in [6.45, 7) is 10.8. The Morgan fingerprint density at radius 3 is 2.12 bits per heavy atom. The van der Waals surface area contributed by atoms with Crippen molar-refractivity contribution in [3.05, 3.63) is 17.5 Å². The van der Waals surface area contributed by atoms with E-state index in [-0.39, 0.29) is 0 Å². The number of anilines is 1. The van der Waals surface area contributed by atoms with Crippen LogP contribution in [0.4, 0.5) is 5.95 Å². The second-order valence-electron chi connectivity index (χ2n) is 4.78. The van der Waals surface area contributed by atoms with Crippen LogP contribution in [0.15, 0.2) is 6.07 Å². The zero-order valence-electron chi connectivity index (χ0n) is 10.8. The van der Waals surface area contributed by atoms with Crippen LogP contribution in [0.1, 0.15) is 32.2 Å². The molecule has 0 aliphatic carbocycles. The third-order valence-electron chi connectivity index (χ3n) is 2.21. The van der Waals surface area contributed by atoms with E-state index in [4.69, 9.17) is 0 Å². The maximum Gasteiger partial charge on any atom is 0.225 e. The fourth-order valence-electron chi connectivity index (χ4n) is 1.64. The number of likely N-dealkylation sites (N-methyl/N-ethyl adjacent to an activating group) is 1. The molecule has 0 aliphatic rings. The molecule has 0 atom stereocenters. The molecule has 1 N–H and O–H groups in total. The van der Waals surface area contributed by atoms with Crippen LogP contribution in [0.2, 0.25) is 0 Å². The van der Waals surface area contributed by atoms with E-state index in [0.29, 0.717) is 12.5 Å². The monoisotopic (exact) mass is 223 g/mol. The van der Waals surface area contributed by atoms with Gasteiger partial charge in [0.05, 0.1) is 5.60 Å². The number of aromatic nitrogens is 2. The van der Waals surface area contributed by atoms with Gasteiger partial charge >= 0.3 is 0 Å². The Labute approximate surface area is 97.3 Å². The topological polar surface area (TPSA) is 49.2 Å². The smallest absolute Gasteiger partial charge is 0.225 e. The number of rotatable bonds is 4. The predicted octanol–water partition coefficient (Wildman–Crippen LogP) is 1.69. The molecule has 0 aliphatic heterocycles. The lowest BCUT2D eigenvalue weighted by atomic mass is 10.1. The highest BCUT2D eigenvalue weighted by atomic mass is 16.3. The molecule has 1 heterocycles. The minimum Gasteiger partial charge on any atom is -0.389 e. The van der Waals surface area contributed by atoms with Crippen molar-refractivity contribution in [3.63, 3.8) is 0 Å². The molecule has 90 valence electrons. The van der Waals surface area contributed by atoms with Gasteiger partial charge in [-0.15, -0.1) is 0 Å². The normalized spacial score (nSPS) is 11.6. The lowest BCUT2D eigenvalue weighted by molar-refractivity contribution is 0.0872. The lowest BCUT2D eigenvalue weighted by Gasteiger charge is -2.28. The minimum absolute atomic E-state index is 0.534. The van der Waals surface area contributed by atoms with Gasteiger partial charge in [-0.05, 0) is 40.7 Å². The Balaban J connectivity index is 2.95. The van der Waals surface area contributed by atoms with Gasteiger partial charge in [0.15, 0.2) is 0 Å². The molecule has 0 bridgehead atoms. The Morgan fingerprint density at radius 2 is 1.75 bits per heavy atom. The van der Waals surface area contributed by atoms with Crippen molar-refractivity contribution in [1.29, 1.82) is 0 Å². The molecular formula is C12H21N3O. The van der Waals surface area contributed by atoms with Crippen molar-refractivity contribution >= 4 is 5.95 Å². The second-order valence-corrected chi connectivity index (χ2v) is 4.78. The molecule has 0 radical (unpaired) electrons. The molecule has 0 saturated heterocycles. The molecule has 4 nitrogen and oxygen atoms in total. The van der Waals surface area contributed by atoms with Crippen LogP contribution in [0.5, 0.6) is 0 Å². The first-order valence-corrected chi connectivity index (χ1v) is 5.61. The fraction of sp³-hybridized carbons (Fsp3) is 0.667. The van der Waals surface area contributed by atoms with E-state index in [1.165, 1.54) is 0 Å². The average molecular weight is 223 g/mol. The lowest BCUT2D eigenvalue weighted by Crippen LogP contribution is -2.39. The molecule has 4 heteroatoms. The van der Waals surface area contributed by atoms with Gasteiger partial charge in [0.25, 0.3) is 0 Å². The van der Waals surface area contributed by atoms with Gasteiger partial charge < -0.3 is 10.0 Å². The first-order chi connectivity index (χ1) is 7.31. The molecule has 0 saturated carbocycles. The Kier molecular flexibility index (Phi) is 3.86. The van der Waals surface area contributed by atoms with Crippen molar-refractivity contribution < 1.29 is 5.11 Å². The summed E-state index contributed by atoms with van der Waals surface area (Å²) in [6.07, 6.45) is 0. The zero-order chi connectivity index (χ0) is 12.3. The molecule has 1 aromatic heterocycles. The van der Waals surface area contributed by atoms with Crippen LogP contribution in [-0.2, 0) is 0 Å². The number of aliphatic hydroxyl groups is 1. The highest BCUT2D eigenvalue weighted by Gasteiger charge is 2.19. The van der Waals surface area contributed by atoms with Gasteiger partial charge in [0.1, 0.15) is 0 Å². The van der Waals surface area contributed by atoms with Gasteiger partial charge in [0.2, 0.25) is 5.95 Å². The van der Waals surface area contributed by atoms with E-state index in [2.05, 4.69) is 9.97 Å². The summed E-state index contributed by atoms with van der Waals surface area (Å²) in [7, 11) is 0. The van der Waals surface area contributed by atoms with Crippen LogP contribution >= 0.6 is 0 Å². The predicted molar refractivity (Wildman–Crippen MR) is 65.7 cm³/mol. The zero-order valence-corrected chi connectivity index (χ0v) is 10.8. The van der Waals surface area contributed by atoms with E-state index in [9.17, 15) is 5.11 Å². The highest BCUT2D eigenvalue weighted by Crippen LogP contribution is 2.13. The van der Waals surface area contributed by atoms with Crippen molar-refractivity contribution in [1.82, 2.24) is 9.97 Å². The largest absolute Gasteiger partial charge is 0.389 e. The molecule has 16 heavy (non-hydrogen) atoms. The Morgan fingerprint density at radius 1 is 1.25 bits per heavy atom. The van der Waals surface area contributed by atoms with Crippen molar-refractivity contribution in [3.8, 4) is 0 Å². The van der Waals surface area contributed by atoms with Crippen molar-refractivity contribution in [2.75, 3.05) is 18.0 Å². The van der Waals surface area contributed by atoms with E-state index in [1.807, 2.05) is 31.7 Å². The maximum atomic E-state index is 9.82. The minimum atomic E-state index is -0.739. The van der Waals surface area contributed by atoms with E-state index in [1.54, 1.807) is 13.8 Å². The first kappa shape index (κ1) is 12.9. The standard InChI is InChI=1S/C12H21N3O/c1-6-15(8-12(4,5)16)11-13-9(2)7-10(3)14-11/h7,16H,6,8H2,1-5H3. The summed E-state index contributed by atoms with van der Waals surface area (Å²) in [6, 6.07) is 1.95. The van der Waals surface area contributed by atoms with E-state index < -0.39 is 5.60 Å². The van der Waals surface area contributed by atoms with Crippen LogP contribution in [0.3, 0.4) is 0 Å². The quantitative estimate of drug-likeness (QED) is 0.844. The first-order valence-electron chi connectivity index (χ1n) is 5.61. The van der Waals surface area contributed by atoms with Crippen molar-refractivity contribution in [2.24, 2.45) is 0 Å². The van der Waals surface area contributed by atoms with E-state index in [0.717, 1.165) is 17.9 Å². The number of hydrogen-bond acceptors (Lipinski definition) is 4. The fourth-order valence-corrected chi connectivity index (χ4v) is 1.64. The second kappa shape index (κ2) is 4.78. The third kappa shape index (κ3) is 3.77. The van der Waals surface area contributed by atoms with Crippen molar-refractivity contribution in [2.45, 2.75) is 40.2 Å². The van der Waals surface area contributed by atoms with Gasteiger partial charge in [-0.25, -0.2) is 9.97 Å². The van der Waals surface area contributed by atoms with Gasteiger partial charge in [-0.2, -0.15) is 0 Å². The van der Waals surface area contributed by atoms with Gasteiger partial charge in [-0.1, -0.05) is 0 Å². The summed E-state index contributed by atoms with van der Waals surface area (Å²) >= 11 is 0. The van der Waals surface area contributed by atoms with Crippen LogP contribution < -0.4 is 4.90 Å². The maximum absolute atomic E-state index is 9.82. The number of hydrogen-bond donors (Lipinski definition) is 1. The molecular weight excluding hydrogens is 202 g/mol. The summed E-state index contributed by atoms with van der Waals surface area (Å²) in [5, 5.41) is 9.82. The van der Waals surface area contributed by atoms with E-state index >= 15 is 0 Å². The summed E-state index contributed by atoms with van der Waals surface area (Å²) in [5.74, 6) is 0.696.